The molecule has 0 aliphatic carbocycles. The summed E-state index contributed by atoms with van der Waals surface area (Å²) in [5.74, 6) is -2.21. The molecule has 1 aromatic carbocycles. The van der Waals surface area contributed by atoms with Crippen LogP contribution in [-0.2, 0) is 14.8 Å². The number of sulfonamides is 1. The fourth-order valence-electron chi connectivity index (χ4n) is 1.97. The molecule has 0 unspecified atom stereocenters. The minimum absolute atomic E-state index is 0.0815. The lowest BCUT2D eigenvalue weighted by Crippen LogP contribution is -2.48. The number of carboxylic acid groups (broad SMARTS) is 1. The Morgan fingerprint density at radius 2 is 1.69 bits per heavy atom. The standard InChI is InChI=1S/C16H16N2O6S2/c1-10(19)13-7-8-14(25-13)15(20)17-9-12(16(21)22)18-26(23,24)11-5-3-2-4-6-11/h2-8,12,18H,9H2,1H3,(H,17,20)(H,21,22)/t12-/m0/s1. The molecule has 0 fully saturated rings. The SMILES string of the molecule is CC(=O)c1ccc(C(=O)NC[C@H](NS(=O)(=O)c2ccccc2)C(=O)O)s1. The van der Waals surface area contributed by atoms with Gasteiger partial charge in [0.25, 0.3) is 5.91 Å². The molecule has 1 aromatic heterocycles. The molecular weight excluding hydrogens is 380 g/mol. The van der Waals surface area contributed by atoms with Crippen LogP contribution in [0.1, 0.15) is 26.3 Å². The molecule has 1 amide bonds. The number of Topliss-reactive ketones (excluding diaryl/α,β-unsaturated/α-hetero) is 1. The highest BCUT2D eigenvalue weighted by atomic mass is 32.2. The van der Waals surface area contributed by atoms with E-state index in [1.54, 1.807) is 6.07 Å². The Morgan fingerprint density at radius 3 is 2.23 bits per heavy atom. The van der Waals surface area contributed by atoms with Gasteiger partial charge in [-0.1, -0.05) is 18.2 Å². The third-order valence-electron chi connectivity index (χ3n) is 3.29. The largest absolute Gasteiger partial charge is 0.480 e. The summed E-state index contributed by atoms with van der Waals surface area (Å²) in [5.41, 5.74) is 0. The van der Waals surface area contributed by atoms with Crippen molar-refractivity contribution in [2.75, 3.05) is 6.54 Å². The molecule has 26 heavy (non-hydrogen) atoms. The average molecular weight is 396 g/mol. The van der Waals surface area contributed by atoms with Crippen molar-refractivity contribution in [3.63, 3.8) is 0 Å². The van der Waals surface area contributed by atoms with Crippen LogP contribution in [0.5, 0.6) is 0 Å². The summed E-state index contributed by atoms with van der Waals surface area (Å²) in [6, 6.07) is 8.70. The second kappa shape index (κ2) is 8.21. The van der Waals surface area contributed by atoms with E-state index in [4.69, 9.17) is 0 Å². The number of carbonyl (C=O) groups is 3. The van der Waals surface area contributed by atoms with Gasteiger partial charge in [0.15, 0.2) is 5.78 Å². The van der Waals surface area contributed by atoms with Crippen LogP contribution < -0.4 is 10.0 Å². The van der Waals surface area contributed by atoms with Crippen LogP contribution in [0.15, 0.2) is 47.4 Å². The summed E-state index contributed by atoms with van der Waals surface area (Å²) in [6.07, 6.45) is 0. The molecule has 0 saturated heterocycles. The van der Waals surface area contributed by atoms with Crippen LogP contribution in [-0.4, -0.2) is 43.8 Å². The summed E-state index contributed by atoms with van der Waals surface area (Å²) >= 11 is 0.971. The Balaban J connectivity index is 2.05. The van der Waals surface area contributed by atoms with E-state index in [1.807, 2.05) is 4.72 Å². The number of hydrogen-bond donors (Lipinski definition) is 3. The number of carboxylic acids is 1. The summed E-state index contributed by atoms with van der Waals surface area (Å²) in [4.78, 5) is 35.2. The molecule has 0 radical (unpaired) electrons. The first-order chi connectivity index (χ1) is 12.2. The van der Waals surface area contributed by atoms with Crippen LogP contribution in [0, 0.1) is 0 Å². The molecule has 0 saturated carbocycles. The minimum atomic E-state index is -4.05. The smallest absolute Gasteiger partial charge is 0.323 e. The van der Waals surface area contributed by atoms with Crippen LogP contribution in [0.4, 0.5) is 0 Å². The fraction of sp³-hybridized carbons (Fsp3) is 0.188. The molecule has 8 nitrogen and oxygen atoms in total. The Morgan fingerprint density at radius 1 is 1.08 bits per heavy atom. The predicted molar refractivity (Wildman–Crippen MR) is 94.8 cm³/mol. The van der Waals surface area contributed by atoms with Crippen molar-refractivity contribution in [3.05, 3.63) is 52.2 Å². The highest BCUT2D eigenvalue weighted by molar-refractivity contribution is 7.89. The number of carbonyl (C=O) groups excluding carboxylic acids is 2. The number of amides is 1. The summed E-state index contributed by atoms with van der Waals surface area (Å²) < 4.78 is 26.5. The topological polar surface area (TPSA) is 130 Å². The van der Waals surface area contributed by atoms with Gasteiger partial charge in [-0.25, -0.2) is 8.42 Å². The summed E-state index contributed by atoms with van der Waals surface area (Å²) in [7, 11) is -4.05. The van der Waals surface area contributed by atoms with Gasteiger partial charge in [0.05, 0.1) is 14.6 Å². The Bertz CT molecular complexity index is 921. The highest BCUT2D eigenvalue weighted by Gasteiger charge is 2.26. The van der Waals surface area contributed by atoms with E-state index in [2.05, 4.69) is 5.32 Å². The summed E-state index contributed by atoms with van der Waals surface area (Å²) in [6.45, 7) is 0.917. The zero-order valence-electron chi connectivity index (χ0n) is 13.6. The zero-order valence-corrected chi connectivity index (χ0v) is 15.3. The van der Waals surface area contributed by atoms with E-state index in [9.17, 15) is 27.9 Å². The Kier molecular flexibility index (Phi) is 6.24. The second-order valence-electron chi connectivity index (χ2n) is 5.26. The first-order valence-electron chi connectivity index (χ1n) is 7.40. The average Bonchev–Trinajstić information content (AvgIpc) is 3.09. The van der Waals surface area contributed by atoms with Crippen LogP contribution in [0.3, 0.4) is 0 Å². The van der Waals surface area contributed by atoms with Crippen molar-refractivity contribution in [3.8, 4) is 0 Å². The van der Waals surface area contributed by atoms with Crippen molar-refractivity contribution in [2.45, 2.75) is 17.9 Å². The number of rotatable bonds is 8. The Hall–Kier alpha value is -2.56. The van der Waals surface area contributed by atoms with E-state index in [0.717, 1.165) is 11.3 Å². The van der Waals surface area contributed by atoms with Gasteiger partial charge in [0, 0.05) is 6.54 Å². The van der Waals surface area contributed by atoms with Crippen LogP contribution in [0.2, 0.25) is 0 Å². The molecule has 0 bridgehead atoms. The third kappa shape index (κ3) is 4.97. The molecule has 0 aliphatic rings. The molecule has 3 N–H and O–H groups in total. The number of thiophene rings is 1. The molecule has 2 aromatic rings. The quantitative estimate of drug-likeness (QED) is 0.573. The molecule has 0 spiro atoms. The lowest BCUT2D eigenvalue weighted by atomic mass is 10.3. The van der Waals surface area contributed by atoms with Gasteiger partial charge in [-0.3, -0.25) is 14.4 Å². The lowest BCUT2D eigenvalue weighted by molar-refractivity contribution is -0.138. The van der Waals surface area contributed by atoms with Gasteiger partial charge in [0.1, 0.15) is 6.04 Å². The van der Waals surface area contributed by atoms with Crippen molar-refractivity contribution >= 4 is 39.0 Å². The van der Waals surface area contributed by atoms with Crippen LogP contribution in [0.25, 0.3) is 0 Å². The Labute approximate surface area is 153 Å². The van der Waals surface area contributed by atoms with Gasteiger partial charge < -0.3 is 10.4 Å². The maximum atomic E-state index is 12.2. The number of aliphatic carboxylic acids is 1. The van der Waals surface area contributed by atoms with Crippen molar-refractivity contribution in [2.24, 2.45) is 0 Å². The van der Waals surface area contributed by atoms with E-state index < -0.39 is 34.5 Å². The molecule has 2 rings (SSSR count). The molecule has 138 valence electrons. The second-order valence-corrected chi connectivity index (χ2v) is 8.05. The maximum Gasteiger partial charge on any atom is 0.323 e. The van der Waals surface area contributed by atoms with E-state index in [-0.39, 0.29) is 15.6 Å². The van der Waals surface area contributed by atoms with Crippen molar-refractivity contribution < 1.29 is 27.9 Å². The first kappa shape index (κ1) is 19.8. The van der Waals surface area contributed by atoms with Gasteiger partial charge in [-0.15, -0.1) is 11.3 Å². The number of hydrogen-bond acceptors (Lipinski definition) is 6. The van der Waals surface area contributed by atoms with Gasteiger partial charge in [-0.2, -0.15) is 4.72 Å². The zero-order chi connectivity index (χ0) is 19.3. The van der Waals surface area contributed by atoms with Gasteiger partial charge >= 0.3 is 5.97 Å². The molecular formula is C16H16N2O6S2. The van der Waals surface area contributed by atoms with E-state index >= 15 is 0 Å². The molecule has 1 heterocycles. The highest BCUT2D eigenvalue weighted by Crippen LogP contribution is 2.16. The molecule has 10 heteroatoms. The van der Waals surface area contributed by atoms with Crippen molar-refractivity contribution in [1.29, 1.82) is 0 Å². The summed E-state index contributed by atoms with van der Waals surface area (Å²) in [5, 5.41) is 11.6. The third-order valence-corrected chi connectivity index (χ3v) is 5.96. The number of nitrogens with one attached hydrogen (secondary N) is 2. The lowest BCUT2D eigenvalue weighted by Gasteiger charge is -2.15. The molecule has 1 atom stereocenters. The maximum absolute atomic E-state index is 12.2. The monoisotopic (exact) mass is 396 g/mol. The predicted octanol–water partition coefficient (Wildman–Crippen LogP) is 1.11. The number of ketones is 1. The number of benzene rings is 1. The molecule has 0 aliphatic heterocycles. The van der Waals surface area contributed by atoms with Crippen LogP contribution >= 0.6 is 11.3 Å². The van der Waals surface area contributed by atoms with E-state index in [1.165, 1.54) is 43.3 Å². The van der Waals surface area contributed by atoms with E-state index in [0.29, 0.717) is 4.88 Å². The normalized spacial score (nSPS) is 12.3. The van der Waals surface area contributed by atoms with Gasteiger partial charge in [-0.05, 0) is 31.2 Å². The van der Waals surface area contributed by atoms with Gasteiger partial charge in [0.2, 0.25) is 10.0 Å². The first-order valence-corrected chi connectivity index (χ1v) is 9.70. The van der Waals surface area contributed by atoms with Crippen molar-refractivity contribution in [1.82, 2.24) is 10.0 Å². The minimum Gasteiger partial charge on any atom is -0.480 e. The fourth-order valence-corrected chi connectivity index (χ4v) is 3.99.